The number of amides is 1. The Kier molecular flexibility index (Phi) is 3.25. The summed E-state index contributed by atoms with van der Waals surface area (Å²) in [6.07, 6.45) is 2.88. The number of nitrogens with two attached hydrogens (primary N) is 1. The van der Waals surface area contributed by atoms with Crippen LogP contribution in [0.4, 0.5) is 5.69 Å². The Balaban J connectivity index is 2.31. The normalized spacial score (nSPS) is 22.0. The van der Waals surface area contributed by atoms with Gasteiger partial charge in [0.15, 0.2) is 0 Å². The van der Waals surface area contributed by atoms with E-state index in [0.717, 1.165) is 37.1 Å². The van der Waals surface area contributed by atoms with Gasteiger partial charge in [0, 0.05) is 12.2 Å². The lowest BCUT2D eigenvalue weighted by atomic mass is 10.1. The number of rotatable bonds is 1. The van der Waals surface area contributed by atoms with E-state index in [1.165, 1.54) is 0 Å². The maximum absolute atomic E-state index is 12.1. The van der Waals surface area contributed by atoms with Gasteiger partial charge < -0.3 is 10.6 Å². The first-order valence-electron chi connectivity index (χ1n) is 5.83. The molecule has 1 unspecified atom stereocenters. The quantitative estimate of drug-likeness (QED) is 0.781. The molecule has 86 valence electrons. The van der Waals surface area contributed by atoms with Crippen LogP contribution in [0.5, 0.6) is 0 Å². The molecular weight excluding hydrogens is 200 g/mol. The fourth-order valence-corrected chi connectivity index (χ4v) is 2.17. The van der Waals surface area contributed by atoms with Gasteiger partial charge >= 0.3 is 0 Å². The molecule has 3 heteroatoms. The summed E-state index contributed by atoms with van der Waals surface area (Å²) in [5.74, 6) is 0.0619. The van der Waals surface area contributed by atoms with Crippen molar-refractivity contribution in [3.8, 4) is 0 Å². The molecule has 0 radical (unpaired) electrons. The van der Waals surface area contributed by atoms with Gasteiger partial charge in [-0.15, -0.1) is 0 Å². The Labute approximate surface area is 96.2 Å². The van der Waals surface area contributed by atoms with E-state index in [9.17, 15) is 4.79 Å². The molecule has 2 rings (SSSR count). The number of hydrogen-bond acceptors (Lipinski definition) is 2. The number of benzene rings is 1. The van der Waals surface area contributed by atoms with Gasteiger partial charge in [-0.2, -0.15) is 0 Å². The largest absolute Gasteiger partial charge is 0.320 e. The molecular formula is C13H18N2O. The monoisotopic (exact) mass is 218 g/mol. The zero-order chi connectivity index (χ0) is 11.5. The van der Waals surface area contributed by atoms with Crippen molar-refractivity contribution in [2.45, 2.75) is 32.2 Å². The van der Waals surface area contributed by atoms with Crippen LogP contribution < -0.4 is 10.6 Å². The fourth-order valence-electron chi connectivity index (χ4n) is 2.17. The Hall–Kier alpha value is -1.35. The molecule has 16 heavy (non-hydrogen) atoms. The highest BCUT2D eigenvalue weighted by molar-refractivity contribution is 5.97. The topological polar surface area (TPSA) is 46.3 Å². The van der Waals surface area contributed by atoms with E-state index >= 15 is 0 Å². The highest BCUT2D eigenvalue weighted by Crippen LogP contribution is 2.23. The van der Waals surface area contributed by atoms with Crippen LogP contribution in [-0.4, -0.2) is 18.5 Å². The van der Waals surface area contributed by atoms with E-state index in [-0.39, 0.29) is 11.9 Å². The van der Waals surface area contributed by atoms with Crippen molar-refractivity contribution >= 4 is 11.6 Å². The average molecular weight is 218 g/mol. The smallest absolute Gasteiger partial charge is 0.243 e. The molecule has 0 spiro atoms. The lowest BCUT2D eigenvalue weighted by Gasteiger charge is -2.24. The van der Waals surface area contributed by atoms with Crippen LogP contribution in [0.2, 0.25) is 0 Å². The van der Waals surface area contributed by atoms with Crippen molar-refractivity contribution < 1.29 is 4.79 Å². The lowest BCUT2D eigenvalue weighted by molar-refractivity contribution is -0.119. The summed E-state index contributed by atoms with van der Waals surface area (Å²) < 4.78 is 0. The first kappa shape index (κ1) is 11.1. The summed E-state index contributed by atoms with van der Waals surface area (Å²) in [7, 11) is 0. The summed E-state index contributed by atoms with van der Waals surface area (Å²) in [6.45, 7) is 2.82. The molecule has 1 aliphatic rings. The second kappa shape index (κ2) is 4.66. The molecule has 1 atom stereocenters. The third-order valence-electron chi connectivity index (χ3n) is 3.14. The van der Waals surface area contributed by atoms with Crippen LogP contribution in [-0.2, 0) is 4.79 Å². The van der Waals surface area contributed by atoms with Gasteiger partial charge in [0.1, 0.15) is 0 Å². The number of anilines is 1. The Morgan fingerprint density at radius 1 is 1.31 bits per heavy atom. The first-order chi connectivity index (χ1) is 7.70. The molecule has 0 aliphatic carbocycles. The number of aryl methyl sites for hydroxylation is 1. The molecule has 0 saturated carbocycles. The van der Waals surface area contributed by atoms with Gasteiger partial charge in [0.2, 0.25) is 5.91 Å². The number of para-hydroxylation sites is 1. The number of carbonyl (C=O) groups is 1. The SMILES string of the molecule is Cc1ccccc1N1CCCCC(N)C1=O. The molecule has 1 aromatic carbocycles. The molecule has 2 N–H and O–H groups in total. The van der Waals surface area contributed by atoms with Gasteiger partial charge in [-0.05, 0) is 37.8 Å². The van der Waals surface area contributed by atoms with Crippen LogP contribution in [0.25, 0.3) is 0 Å². The number of nitrogens with zero attached hydrogens (tertiary/aromatic N) is 1. The van der Waals surface area contributed by atoms with Crippen molar-refractivity contribution in [3.05, 3.63) is 29.8 Å². The molecule has 1 saturated heterocycles. The van der Waals surface area contributed by atoms with E-state index in [2.05, 4.69) is 0 Å². The third-order valence-corrected chi connectivity index (χ3v) is 3.14. The van der Waals surface area contributed by atoms with Crippen LogP contribution >= 0.6 is 0 Å². The van der Waals surface area contributed by atoms with Crippen LogP contribution in [0, 0.1) is 6.92 Å². The fraction of sp³-hybridized carbons (Fsp3) is 0.462. The van der Waals surface area contributed by atoms with Crippen molar-refractivity contribution in [2.24, 2.45) is 5.73 Å². The molecule has 1 aromatic rings. The molecule has 0 aromatic heterocycles. The Bertz CT molecular complexity index is 389. The summed E-state index contributed by atoms with van der Waals surface area (Å²) >= 11 is 0. The number of hydrogen-bond donors (Lipinski definition) is 1. The third kappa shape index (κ3) is 2.09. The van der Waals surface area contributed by atoms with Crippen LogP contribution in [0.15, 0.2) is 24.3 Å². The highest BCUT2D eigenvalue weighted by Gasteiger charge is 2.25. The maximum atomic E-state index is 12.1. The van der Waals surface area contributed by atoms with E-state index in [1.807, 2.05) is 36.1 Å². The predicted molar refractivity (Wildman–Crippen MR) is 65.4 cm³/mol. The number of carbonyl (C=O) groups excluding carboxylic acids is 1. The molecule has 1 heterocycles. The summed E-state index contributed by atoms with van der Waals surface area (Å²) in [5.41, 5.74) is 8.00. The summed E-state index contributed by atoms with van der Waals surface area (Å²) in [5, 5.41) is 0. The summed E-state index contributed by atoms with van der Waals surface area (Å²) in [6, 6.07) is 7.64. The van der Waals surface area contributed by atoms with Gasteiger partial charge in [0.05, 0.1) is 6.04 Å². The molecule has 1 fully saturated rings. The van der Waals surface area contributed by atoms with E-state index < -0.39 is 0 Å². The van der Waals surface area contributed by atoms with E-state index in [0.29, 0.717) is 0 Å². The highest BCUT2D eigenvalue weighted by atomic mass is 16.2. The van der Waals surface area contributed by atoms with Crippen molar-refractivity contribution in [1.82, 2.24) is 0 Å². The minimum Gasteiger partial charge on any atom is -0.320 e. The van der Waals surface area contributed by atoms with Gasteiger partial charge in [-0.1, -0.05) is 18.2 Å². The average Bonchev–Trinajstić information content (AvgIpc) is 2.44. The van der Waals surface area contributed by atoms with Crippen LogP contribution in [0.3, 0.4) is 0 Å². The molecule has 1 aliphatic heterocycles. The Morgan fingerprint density at radius 3 is 2.81 bits per heavy atom. The second-order valence-corrected chi connectivity index (χ2v) is 4.38. The van der Waals surface area contributed by atoms with Gasteiger partial charge in [-0.25, -0.2) is 0 Å². The lowest BCUT2D eigenvalue weighted by Crippen LogP contribution is -2.42. The molecule has 0 bridgehead atoms. The first-order valence-corrected chi connectivity index (χ1v) is 5.83. The Morgan fingerprint density at radius 2 is 2.06 bits per heavy atom. The molecule has 1 amide bonds. The zero-order valence-electron chi connectivity index (χ0n) is 9.65. The maximum Gasteiger partial charge on any atom is 0.243 e. The van der Waals surface area contributed by atoms with Crippen LogP contribution in [0.1, 0.15) is 24.8 Å². The van der Waals surface area contributed by atoms with Crippen molar-refractivity contribution in [1.29, 1.82) is 0 Å². The minimum absolute atomic E-state index is 0.0619. The minimum atomic E-state index is -0.331. The summed E-state index contributed by atoms with van der Waals surface area (Å²) in [4.78, 5) is 13.9. The zero-order valence-corrected chi connectivity index (χ0v) is 9.65. The molecule has 3 nitrogen and oxygen atoms in total. The van der Waals surface area contributed by atoms with E-state index in [1.54, 1.807) is 0 Å². The van der Waals surface area contributed by atoms with Gasteiger partial charge in [0.25, 0.3) is 0 Å². The van der Waals surface area contributed by atoms with Crippen molar-refractivity contribution in [2.75, 3.05) is 11.4 Å². The predicted octanol–water partition coefficient (Wildman–Crippen LogP) is 1.84. The van der Waals surface area contributed by atoms with Gasteiger partial charge in [-0.3, -0.25) is 4.79 Å². The standard InChI is InChI=1S/C13H18N2O/c1-10-6-2-3-8-12(10)15-9-5-4-7-11(14)13(15)16/h2-3,6,8,11H,4-5,7,9,14H2,1H3. The van der Waals surface area contributed by atoms with E-state index in [4.69, 9.17) is 5.73 Å². The second-order valence-electron chi connectivity index (χ2n) is 4.38. The van der Waals surface area contributed by atoms with Crippen molar-refractivity contribution in [3.63, 3.8) is 0 Å².